The predicted molar refractivity (Wildman–Crippen MR) is 99.0 cm³/mol. The van der Waals surface area contributed by atoms with Gasteiger partial charge in [-0.1, -0.05) is 12.1 Å². The van der Waals surface area contributed by atoms with Crippen molar-refractivity contribution >= 4 is 23.0 Å². The summed E-state index contributed by atoms with van der Waals surface area (Å²) in [7, 11) is 1.55. The lowest BCUT2D eigenvalue weighted by Gasteiger charge is -2.12. The summed E-state index contributed by atoms with van der Waals surface area (Å²) >= 11 is 0. The standard InChI is InChI=1S/C18H21N3O5/c1-3-26-17-7-5-4-6-15(17)20-18(22)13-8-9-14(19-10-11-25-2)16(12-13)21(23)24/h4-9,12,19H,3,10-11H2,1-2H3,(H,20,22). The number of nitro groups is 1. The van der Waals surface area contributed by atoms with Gasteiger partial charge in [0.05, 0.1) is 23.8 Å². The van der Waals surface area contributed by atoms with Crippen LogP contribution >= 0.6 is 0 Å². The average molecular weight is 359 g/mol. The van der Waals surface area contributed by atoms with E-state index in [1.807, 2.05) is 6.92 Å². The molecule has 0 saturated carbocycles. The first-order chi connectivity index (χ1) is 12.6. The van der Waals surface area contributed by atoms with Crippen LogP contribution in [0, 0.1) is 10.1 Å². The fourth-order valence-corrected chi connectivity index (χ4v) is 2.31. The molecule has 0 aliphatic rings. The van der Waals surface area contributed by atoms with Gasteiger partial charge in [0.1, 0.15) is 11.4 Å². The zero-order chi connectivity index (χ0) is 18.9. The molecule has 0 heterocycles. The molecule has 0 atom stereocenters. The number of ether oxygens (including phenoxy) is 2. The number of hydrogen-bond donors (Lipinski definition) is 2. The topological polar surface area (TPSA) is 103 Å². The van der Waals surface area contributed by atoms with Gasteiger partial charge in [0, 0.05) is 25.3 Å². The lowest BCUT2D eigenvalue weighted by atomic mass is 10.1. The number of carbonyl (C=O) groups excluding carboxylic acids is 1. The molecule has 2 aromatic rings. The molecule has 0 unspecified atom stereocenters. The lowest BCUT2D eigenvalue weighted by Crippen LogP contribution is -2.14. The highest BCUT2D eigenvalue weighted by Gasteiger charge is 2.18. The van der Waals surface area contributed by atoms with Gasteiger partial charge < -0.3 is 20.1 Å². The highest BCUT2D eigenvalue weighted by atomic mass is 16.6. The van der Waals surface area contributed by atoms with Gasteiger partial charge in [0.15, 0.2) is 0 Å². The molecule has 0 saturated heterocycles. The van der Waals surface area contributed by atoms with E-state index in [2.05, 4.69) is 10.6 Å². The quantitative estimate of drug-likeness (QED) is 0.404. The van der Waals surface area contributed by atoms with Crippen molar-refractivity contribution in [1.82, 2.24) is 0 Å². The Morgan fingerprint density at radius 1 is 1.19 bits per heavy atom. The van der Waals surface area contributed by atoms with Crippen LogP contribution in [-0.4, -0.2) is 37.7 Å². The van der Waals surface area contributed by atoms with Crippen LogP contribution in [0.2, 0.25) is 0 Å². The van der Waals surface area contributed by atoms with Crippen LogP contribution in [0.25, 0.3) is 0 Å². The van der Waals surface area contributed by atoms with E-state index >= 15 is 0 Å². The molecule has 2 N–H and O–H groups in total. The number of carbonyl (C=O) groups is 1. The number of nitrogens with one attached hydrogen (secondary N) is 2. The summed E-state index contributed by atoms with van der Waals surface area (Å²) in [6.07, 6.45) is 0. The van der Waals surface area contributed by atoms with E-state index < -0.39 is 10.8 Å². The number of rotatable bonds is 9. The Hall–Kier alpha value is -3.13. The smallest absolute Gasteiger partial charge is 0.293 e. The van der Waals surface area contributed by atoms with Crippen LogP contribution in [-0.2, 0) is 4.74 Å². The molecular weight excluding hydrogens is 338 g/mol. The van der Waals surface area contributed by atoms with Gasteiger partial charge in [-0.2, -0.15) is 0 Å². The van der Waals surface area contributed by atoms with Crippen molar-refractivity contribution in [2.75, 3.05) is 37.5 Å². The molecule has 2 aromatic carbocycles. The Bertz CT molecular complexity index is 779. The normalized spacial score (nSPS) is 10.2. The van der Waals surface area contributed by atoms with Crippen LogP contribution < -0.4 is 15.4 Å². The third kappa shape index (κ3) is 4.93. The SMILES string of the molecule is CCOc1ccccc1NC(=O)c1ccc(NCCOC)c([N+](=O)[O-])c1. The average Bonchev–Trinajstić information content (AvgIpc) is 2.63. The van der Waals surface area contributed by atoms with Crippen LogP contribution in [0.1, 0.15) is 17.3 Å². The molecule has 0 spiro atoms. The molecule has 0 radical (unpaired) electrons. The zero-order valence-corrected chi connectivity index (χ0v) is 14.7. The minimum Gasteiger partial charge on any atom is -0.492 e. The van der Waals surface area contributed by atoms with Crippen LogP contribution in [0.5, 0.6) is 5.75 Å². The maximum atomic E-state index is 12.5. The molecule has 2 rings (SSSR count). The van der Waals surface area contributed by atoms with Crippen LogP contribution in [0.3, 0.4) is 0 Å². The van der Waals surface area contributed by atoms with Gasteiger partial charge in [-0.3, -0.25) is 14.9 Å². The summed E-state index contributed by atoms with van der Waals surface area (Å²) in [6.45, 7) is 3.13. The minimum atomic E-state index is -0.528. The Kier molecular flexibility index (Phi) is 6.92. The van der Waals surface area contributed by atoms with E-state index in [1.54, 1.807) is 31.4 Å². The molecule has 0 bridgehead atoms. The Morgan fingerprint density at radius 3 is 2.65 bits per heavy atom. The van der Waals surface area contributed by atoms with Gasteiger partial charge in [0.25, 0.3) is 11.6 Å². The third-order valence-electron chi connectivity index (χ3n) is 3.51. The third-order valence-corrected chi connectivity index (χ3v) is 3.51. The second-order valence-electron chi connectivity index (χ2n) is 5.29. The number of amides is 1. The molecule has 1 amide bonds. The Labute approximate surface area is 151 Å². The van der Waals surface area contributed by atoms with Gasteiger partial charge in [-0.15, -0.1) is 0 Å². The van der Waals surface area contributed by atoms with Crippen molar-refractivity contribution in [3.63, 3.8) is 0 Å². The van der Waals surface area contributed by atoms with Crippen molar-refractivity contribution in [1.29, 1.82) is 0 Å². The minimum absolute atomic E-state index is 0.174. The van der Waals surface area contributed by atoms with Crippen LogP contribution in [0.15, 0.2) is 42.5 Å². The van der Waals surface area contributed by atoms with Crippen molar-refractivity contribution in [2.45, 2.75) is 6.92 Å². The number of anilines is 2. The number of benzene rings is 2. The molecular formula is C18H21N3O5. The first-order valence-corrected chi connectivity index (χ1v) is 8.11. The first kappa shape index (κ1) is 19.2. The predicted octanol–water partition coefficient (Wildman–Crippen LogP) is 3.30. The van der Waals surface area contributed by atoms with Crippen molar-refractivity contribution in [3.8, 4) is 5.75 Å². The Balaban J connectivity index is 2.21. The molecule has 8 nitrogen and oxygen atoms in total. The number of nitro benzene ring substituents is 1. The van der Waals surface area contributed by atoms with E-state index in [-0.39, 0.29) is 11.3 Å². The van der Waals surface area contributed by atoms with Crippen LogP contribution in [0.4, 0.5) is 17.1 Å². The fraction of sp³-hybridized carbons (Fsp3) is 0.278. The second kappa shape index (κ2) is 9.38. The summed E-state index contributed by atoms with van der Waals surface area (Å²) in [5.74, 6) is 0.0828. The highest BCUT2D eigenvalue weighted by Crippen LogP contribution is 2.28. The van der Waals surface area contributed by atoms with Crippen molar-refractivity contribution < 1.29 is 19.2 Å². The van der Waals surface area contributed by atoms with Crippen molar-refractivity contribution in [2.24, 2.45) is 0 Å². The van der Waals surface area contributed by atoms with Gasteiger partial charge >= 0.3 is 0 Å². The van der Waals surface area contributed by atoms with Gasteiger partial charge in [-0.05, 0) is 31.2 Å². The maximum Gasteiger partial charge on any atom is 0.293 e. The molecule has 0 aromatic heterocycles. The molecule has 0 aliphatic heterocycles. The number of methoxy groups -OCH3 is 1. The van der Waals surface area contributed by atoms with E-state index in [0.717, 1.165) is 0 Å². The number of hydrogen-bond acceptors (Lipinski definition) is 6. The largest absolute Gasteiger partial charge is 0.492 e. The summed E-state index contributed by atoms with van der Waals surface area (Å²) < 4.78 is 10.4. The molecule has 26 heavy (non-hydrogen) atoms. The monoisotopic (exact) mass is 359 g/mol. The number of para-hydroxylation sites is 2. The molecule has 0 aliphatic carbocycles. The Morgan fingerprint density at radius 2 is 1.96 bits per heavy atom. The zero-order valence-electron chi connectivity index (χ0n) is 14.7. The molecule has 0 fully saturated rings. The fourth-order valence-electron chi connectivity index (χ4n) is 2.31. The molecule has 138 valence electrons. The number of nitrogens with zero attached hydrogens (tertiary/aromatic N) is 1. The summed E-state index contributed by atoms with van der Waals surface area (Å²) in [5.41, 5.74) is 0.842. The van der Waals surface area contributed by atoms with E-state index in [4.69, 9.17) is 9.47 Å². The van der Waals surface area contributed by atoms with E-state index in [9.17, 15) is 14.9 Å². The highest BCUT2D eigenvalue weighted by molar-refractivity contribution is 6.05. The first-order valence-electron chi connectivity index (χ1n) is 8.11. The van der Waals surface area contributed by atoms with Crippen molar-refractivity contribution in [3.05, 3.63) is 58.1 Å². The second-order valence-corrected chi connectivity index (χ2v) is 5.29. The van der Waals surface area contributed by atoms with Gasteiger partial charge in [0.2, 0.25) is 0 Å². The summed E-state index contributed by atoms with van der Waals surface area (Å²) in [5, 5.41) is 17.0. The van der Waals surface area contributed by atoms with E-state index in [1.165, 1.54) is 18.2 Å². The lowest BCUT2D eigenvalue weighted by molar-refractivity contribution is -0.384. The maximum absolute atomic E-state index is 12.5. The molecule has 8 heteroatoms. The van der Waals surface area contributed by atoms with Gasteiger partial charge in [-0.25, -0.2) is 0 Å². The summed E-state index contributed by atoms with van der Waals surface area (Å²) in [4.78, 5) is 23.3. The van der Waals surface area contributed by atoms with E-state index in [0.29, 0.717) is 36.9 Å². The summed E-state index contributed by atoms with van der Waals surface area (Å²) in [6, 6.07) is 11.3.